The number of benzene rings is 1. The number of para-hydroxylation sites is 1. The summed E-state index contributed by atoms with van der Waals surface area (Å²) in [5, 5.41) is 11.7. The summed E-state index contributed by atoms with van der Waals surface area (Å²) in [6.45, 7) is 7.75. The normalized spacial score (nSPS) is 11.6. The van der Waals surface area contributed by atoms with Crippen LogP contribution in [-0.2, 0) is 18.6 Å². The van der Waals surface area contributed by atoms with Crippen molar-refractivity contribution >= 4 is 0 Å². The monoisotopic (exact) mass is 274 g/mol. The third-order valence-corrected chi connectivity index (χ3v) is 3.04. The molecular formula is C15H22N4O. The maximum atomic E-state index is 5.32. The Morgan fingerprint density at radius 3 is 2.60 bits per heavy atom. The van der Waals surface area contributed by atoms with Crippen molar-refractivity contribution in [1.82, 2.24) is 20.3 Å². The molecule has 20 heavy (non-hydrogen) atoms. The highest BCUT2D eigenvalue weighted by atomic mass is 16.5. The van der Waals surface area contributed by atoms with Crippen LogP contribution in [0.5, 0.6) is 5.75 Å². The van der Waals surface area contributed by atoms with Gasteiger partial charge in [-0.1, -0.05) is 23.4 Å². The Hall–Kier alpha value is -1.88. The molecule has 2 aromatic rings. The van der Waals surface area contributed by atoms with E-state index in [2.05, 4.69) is 42.5 Å². The SMILES string of the molecule is COc1ccccc1CNCc1cn(C(C)(C)C)nn1. The maximum Gasteiger partial charge on any atom is 0.123 e. The van der Waals surface area contributed by atoms with E-state index in [0.717, 1.165) is 23.6 Å². The number of hydrogen-bond donors (Lipinski definition) is 1. The zero-order valence-electron chi connectivity index (χ0n) is 12.6. The summed E-state index contributed by atoms with van der Waals surface area (Å²) >= 11 is 0. The molecule has 0 fully saturated rings. The molecule has 0 saturated heterocycles. The van der Waals surface area contributed by atoms with E-state index >= 15 is 0 Å². The van der Waals surface area contributed by atoms with Gasteiger partial charge in [-0.2, -0.15) is 0 Å². The van der Waals surface area contributed by atoms with Gasteiger partial charge in [0.15, 0.2) is 0 Å². The summed E-state index contributed by atoms with van der Waals surface area (Å²) < 4.78 is 7.21. The van der Waals surface area contributed by atoms with Gasteiger partial charge in [-0.25, -0.2) is 4.68 Å². The lowest BCUT2D eigenvalue weighted by atomic mass is 10.1. The zero-order valence-corrected chi connectivity index (χ0v) is 12.6. The molecular weight excluding hydrogens is 252 g/mol. The third kappa shape index (κ3) is 3.57. The second-order valence-electron chi connectivity index (χ2n) is 5.74. The van der Waals surface area contributed by atoms with E-state index in [1.54, 1.807) is 7.11 Å². The molecule has 0 spiro atoms. The minimum absolute atomic E-state index is 0.0338. The van der Waals surface area contributed by atoms with Gasteiger partial charge in [-0.15, -0.1) is 5.10 Å². The molecule has 0 saturated carbocycles. The Morgan fingerprint density at radius 2 is 1.95 bits per heavy atom. The minimum Gasteiger partial charge on any atom is -0.496 e. The number of aromatic nitrogens is 3. The van der Waals surface area contributed by atoms with Crippen LogP contribution in [0.2, 0.25) is 0 Å². The van der Waals surface area contributed by atoms with E-state index in [9.17, 15) is 0 Å². The fourth-order valence-corrected chi connectivity index (χ4v) is 1.88. The van der Waals surface area contributed by atoms with Gasteiger partial charge in [-0.05, 0) is 26.8 Å². The Morgan fingerprint density at radius 1 is 1.20 bits per heavy atom. The van der Waals surface area contributed by atoms with Crippen LogP contribution < -0.4 is 10.1 Å². The fraction of sp³-hybridized carbons (Fsp3) is 0.467. The number of methoxy groups -OCH3 is 1. The summed E-state index contributed by atoms with van der Waals surface area (Å²) in [6.07, 6.45) is 1.98. The molecule has 0 atom stereocenters. The van der Waals surface area contributed by atoms with Crippen LogP contribution in [0.1, 0.15) is 32.0 Å². The average Bonchev–Trinajstić information content (AvgIpc) is 2.88. The van der Waals surface area contributed by atoms with Gasteiger partial charge in [0.1, 0.15) is 5.75 Å². The van der Waals surface area contributed by atoms with Crippen molar-refractivity contribution in [3.63, 3.8) is 0 Å². The predicted molar refractivity (Wildman–Crippen MR) is 78.6 cm³/mol. The standard InChI is InChI=1S/C15H22N4O/c1-15(2,3)19-11-13(17-18-19)10-16-9-12-7-5-6-8-14(12)20-4/h5-8,11,16H,9-10H2,1-4H3. The molecule has 1 aromatic carbocycles. The van der Waals surface area contributed by atoms with Crippen LogP contribution in [-0.4, -0.2) is 22.1 Å². The van der Waals surface area contributed by atoms with Crippen LogP contribution in [0.25, 0.3) is 0 Å². The van der Waals surface area contributed by atoms with E-state index in [1.807, 2.05) is 29.1 Å². The Balaban J connectivity index is 1.91. The van der Waals surface area contributed by atoms with E-state index in [-0.39, 0.29) is 5.54 Å². The molecule has 1 N–H and O–H groups in total. The molecule has 1 aromatic heterocycles. The highest BCUT2D eigenvalue weighted by molar-refractivity contribution is 5.32. The highest BCUT2D eigenvalue weighted by Crippen LogP contribution is 2.17. The van der Waals surface area contributed by atoms with Crippen molar-refractivity contribution in [2.45, 2.75) is 39.4 Å². The van der Waals surface area contributed by atoms with E-state index < -0.39 is 0 Å². The first-order chi connectivity index (χ1) is 9.50. The van der Waals surface area contributed by atoms with Crippen LogP contribution in [0.3, 0.4) is 0 Å². The molecule has 0 aliphatic rings. The van der Waals surface area contributed by atoms with Crippen molar-refractivity contribution < 1.29 is 4.74 Å². The summed E-state index contributed by atoms with van der Waals surface area (Å²) in [4.78, 5) is 0. The molecule has 0 aliphatic heterocycles. The highest BCUT2D eigenvalue weighted by Gasteiger charge is 2.14. The molecule has 1 heterocycles. The van der Waals surface area contributed by atoms with Gasteiger partial charge in [0.05, 0.1) is 24.5 Å². The third-order valence-electron chi connectivity index (χ3n) is 3.04. The van der Waals surface area contributed by atoms with Crippen molar-refractivity contribution in [3.8, 4) is 5.75 Å². The lowest BCUT2D eigenvalue weighted by Gasteiger charge is -2.17. The smallest absolute Gasteiger partial charge is 0.123 e. The first-order valence-corrected chi connectivity index (χ1v) is 6.75. The average molecular weight is 274 g/mol. The lowest BCUT2D eigenvalue weighted by molar-refractivity contribution is 0.347. The van der Waals surface area contributed by atoms with Gasteiger partial charge in [-0.3, -0.25) is 0 Å². The van der Waals surface area contributed by atoms with Gasteiger partial charge < -0.3 is 10.1 Å². The van der Waals surface area contributed by atoms with Gasteiger partial charge >= 0.3 is 0 Å². The first kappa shape index (κ1) is 14.5. The van der Waals surface area contributed by atoms with Crippen molar-refractivity contribution in [2.75, 3.05) is 7.11 Å². The van der Waals surface area contributed by atoms with E-state index in [1.165, 1.54) is 0 Å². The molecule has 0 amide bonds. The largest absolute Gasteiger partial charge is 0.496 e. The second kappa shape index (κ2) is 6.05. The molecule has 0 aliphatic carbocycles. The summed E-state index contributed by atoms with van der Waals surface area (Å²) in [6, 6.07) is 8.00. The quantitative estimate of drug-likeness (QED) is 0.909. The molecule has 0 unspecified atom stereocenters. The molecule has 0 radical (unpaired) electrons. The summed E-state index contributed by atoms with van der Waals surface area (Å²) in [5.41, 5.74) is 2.04. The summed E-state index contributed by atoms with van der Waals surface area (Å²) in [7, 11) is 1.69. The van der Waals surface area contributed by atoms with Crippen molar-refractivity contribution in [1.29, 1.82) is 0 Å². The topological polar surface area (TPSA) is 52.0 Å². The van der Waals surface area contributed by atoms with Gasteiger partial charge in [0, 0.05) is 18.7 Å². The molecule has 5 heteroatoms. The number of hydrogen-bond acceptors (Lipinski definition) is 4. The zero-order chi connectivity index (χ0) is 14.6. The van der Waals surface area contributed by atoms with E-state index in [4.69, 9.17) is 4.74 Å². The Labute approximate surface area is 120 Å². The molecule has 2 rings (SSSR count). The van der Waals surface area contributed by atoms with Gasteiger partial charge in [0.2, 0.25) is 0 Å². The molecule has 108 valence electrons. The first-order valence-electron chi connectivity index (χ1n) is 6.75. The number of nitrogens with one attached hydrogen (secondary N) is 1. The maximum absolute atomic E-state index is 5.32. The predicted octanol–water partition coefficient (Wildman–Crippen LogP) is 2.33. The van der Waals surface area contributed by atoms with Crippen LogP contribution in [0.15, 0.2) is 30.5 Å². The van der Waals surface area contributed by atoms with Crippen LogP contribution in [0, 0.1) is 0 Å². The van der Waals surface area contributed by atoms with Crippen molar-refractivity contribution in [2.24, 2.45) is 0 Å². The summed E-state index contributed by atoms with van der Waals surface area (Å²) in [5.74, 6) is 0.901. The lowest BCUT2D eigenvalue weighted by Crippen LogP contribution is -2.22. The number of ether oxygens (including phenoxy) is 1. The fourth-order valence-electron chi connectivity index (χ4n) is 1.88. The Kier molecular flexibility index (Phi) is 4.39. The van der Waals surface area contributed by atoms with Gasteiger partial charge in [0.25, 0.3) is 0 Å². The Bertz CT molecular complexity index is 557. The second-order valence-corrected chi connectivity index (χ2v) is 5.74. The van der Waals surface area contributed by atoms with Crippen molar-refractivity contribution in [3.05, 3.63) is 41.7 Å². The number of rotatable bonds is 5. The molecule has 0 bridgehead atoms. The van der Waals surface area contributed by atoms with E-state index in [0.29, 0.717) is 6.54 Å². The molecule has 5 nitrogen and oxygen atoms in total. The number of nitrogens with zero attached hydrogens (tertiary/aromatic N) is 3. The van der Waals surface area contributed by atoms with Crippen LogP contribution >= 0.6 is 0 Å². The minimum atomic E-state index is -0.0338. The van der Waals surface area contributed by atoms with Crippen LogP contribution in [0.4, 0.5) is 0 Å².